The van der Waals surface area contributed by atoms with Gasteiger partial charge in [0, 0.05) is 44.5 Å². The van der Waals surface area contributed by atoms with Gasteiger partial charge in [0.15, 0.2) is 5.96 Å². The van der Waals surface area contributed by atoms with Crippen molar-refractivity contribution in [2.24, 2.45) is 10.9 Å². The van der Waals surface area contributed by atoms with Crippen molar-refractivity contribution in [3.63, 3.8) is 0 Å². The van der Waals surface area contributed by atoms with Crippen LogP contribution >= 0.6 is 24.0 Å². The van der Waals surface area contributed by atoms with Gasteiger partial charge >= 0.3 is 6.61 Å². The number of nitrogens with one attached hydrogen (secondary N) is 2. The van der Waals surface area contributed by atoms with E-state index in [1.165, 1.54) is 18.9 Å². The lowest BCUT2D eigenvalue weighted by molar-refractivity contribution is -0.0504. The Morgan fingerprint density at radius 2 is 1.97 bits per heavy atom. The van der Waals surface area contributed by atoms with E-state index in [-0.39, 0.29) is 36.3 Å². The summed E-state index contributed by atoms with van der Waals surface area (Å²) in [6.07, 6.45) is 1.10. The number of aliphatic imine (C=N–C) groups is 1. The van der Waals surface area contributed by atoms with E-state index in [1.54, 1.807) is 19.2 Å². The summed E-state index contributed by atoms with van der Waals surface area (Å²) in [6.45, 7) is 0.183. The van der Waals surface area contributed by atoms with Crippen LogP contribution in [0.25, 0.3) is 0 Å². The van der Waals surface area contributed by atoms with Crippen LogP contribution in [-0.2, 0) is 6.54 Å². The van der Waals surface area contributed by atoms with Crippen molar-refractivity contribution in [3.05, 3.63) is 54.1 Å². The zero-order chi connectivity index (χ0) is 21.3. The van der Waals surface area contributed by atoms with E-state index in [0.29, 0.717) is 23.2 Å². The smallest absolute Gasteiger partial charge is 0.387 e. The third-order valence-electron chi connectivity index (χ3n) is 5.12. The minimum Gasteiger partial charge on any atom is -0.497 e. The maximum atomic E-state index is 12.7. The van der Waals surface area contributed by atoms with Crippen molar-refractivity contribution in [2.75, 3.05) is 38.7 Å². The molecule has 170 valence electrons. The molecular weight excluding hydrogens is 517 g/mol. The van der Waals surface area contributed by atoms with Gasteiger partial charge in [-0.2, -0.15) is 8.78 Å². The van der Waals surface area contributed by atoms with Gasteiger partial charge in [-0.1, -0.05) is 18.2 Å². The molecule has 2 aromatic rings. The van der Waals surface area contributed by atoms with Crippen LogP contribution in [0.1, 0.15) is 12.0 Å². The predicted molar refractivity (Wildman–Crippen MR) is 130 cm³/mol. The number of ether oxygens (including phenoxy) is 2. The molecule has 6 nitrogen and oxygen atoms in total. The van der Waals surface area contributed by atoms with E-state index >= 15 is 0 Å². The van der Waals surface area contributed by atoms with Gasteiger partial charge in [-0.15, -0.1) is 24.0 Å². The molecule has 1 atom stereocenters. The summed E-state index contributed by atoms with van der Waals surface area (Å²) in [5.41, 5.74) is 1.81. The van der Waals surface area contributed by atoms with Gasteiger partial charge in [0.1, 0.15) is 11.5 Å². The number of guanidine groups is 1. The Balaban J connectivity index is 0.00000341. The maximum Gasteiger partial charge on any atom is 0.387 e. The second-order valence-electron chi connectivity index (χ2n) is 7.10. The molecule has 9 heteroatoms. The molecule has 0 amide bonds. The summed E-state index contributed by atoms with van der Waals surface area (Å²) >= 11 is 0. The Labute approximate surface area is 199 Å². The first-order valence-corrected chi connectivity index (χ1v) is 9.95. The molecule has 2 aromatic carbocycles. The minimum atomic E-state index is -2.88. The molecular formula is C22H29F2IN4O2. The van der Waals surface area contributed by atoms with Gasteiger partial charge < -0.3 is 25.0 Å². The highest BCUT2D eigenvalue weighted by Crippen LogP contribution is 2.26. The molecule has 0 saturated carbocycles. The van der Waals surface area contributed by atoms with Gasteiger partial charge in [-0.25, -0.2) is 0 Å². The topological polar surface area (TPSA) is 58.1 Å². The van der Waals surface area contributed by atoms with Gasteiger partial charge in [0.25, 0.3) is 0 Å². The van der Waals surface area contributed by atoms with Gasteiger partial charge in [-0.3, -0.25) is 4.99 Å². The SMILES string of the molecule is CN=C(NCc1cc(OC)ccc1OC(F)F)NCC1CCN(c2ccccc2)C1.I. The highest BCUT2D eigenvalue weighted by Gasteiger charge is 2.22. The van der Waals surface area contributed by atoms with E-state index in [2.05, 4.69) is 49.5 Å². The summed E-state index contributed by atoms with van der Waals surface area (Å²) in [4.78, 5) is 6.62. The highest BCUT2D eigenvalue weighted by molar-refractivity contribution is 14.0. The normalized spacial score (nSPS) is 16.1. The number of para-hydroxylation sites is 1. The van der Waals surface area contributed by atoms with Crippen molar-refractivity contribution in [1.29, 1.82) is 0 Å². The van der Waals surface area contributed by atoms with Gasteiger partial charge in [-0.05, 0) is 42.7 Å². The maximum absolute atomic E-state index is 12.7. The second kappa shape index (κ2) is 12.5. The van der Waals surface area contributed by atoms with Crippen LogP contribution in [-0.4, -0.2) is 46.4 Å². The Bertz CT molecular complexity index is 840. The van der Waals surface area contributed by atoms with Crippen molar-refractivity contribution in [2.45, 2.75) is 19.6 Å². The first-order valence-electron chi connectivity index (χ1n) is 9.95. The van der Waals surface area contributed by atoms with E-state index < -0.39 is 6.61 Å². The molecule has 1 heterocycles. The van der Waals surface area contributed by atoms with Crippen LogP contribution in [0.3, 0.4) is 0 Å². The number of benzene rings is 2. The van der Waals surface area contributed by atoms with Crippen molar-refractivity contribution < 1.29 is 18.3 Å². The van der Waals surface area contributed by atoms with Crippen LogP contribution < -0.4 is 25.0 Å². The van der Waals surface area contributed by atoms with Gasteiger partial charge in [0.2, 0.25) is 0 Å². The van der Waals surface area contributed by atoms with Crippen LogP contribution in [0.5, 0.6) is 11.5 Å². The van der Waals surface area contributed by atoms with Crippen LogP contribution in [0.2, 0.25) is 0 Å². The Morgan fingerprint density at radius 3 is 2.65 bits per heavy atom. The number of alkyl halides is 2. The molecule has 1 aliphatic heterocycles. The lowest BCUT2D eigenvalue weighted by Crippen LogP contribution is -2.40. The van der Waals surface area contributed by atoms with E-state index in [1.807, 2.05) is 6.07 Å². The van der Waals surface area contributed by atoms with E-state index in [9.17, 15) is 8.78 Å². The van der Waals surface area contributed by atoms with Crippen LogP contribution in [0.4, 0.5) is 14.5 Å². The molecule has 0 radical (unpaired) electrons. The summed E-state index contributed by atoms with van der Waals surface area (Å²) in [6, 6.07) is 15.1. The quantitative estimate of drug-likeness (QED) is 0.297. The molecule has 2 N–H and O–H groups in total. The lowest BCUT2D eigenvalue weighted by atomic mass is 10.1. The third kappa shape index (κ3) is 7.41. The number of methoxy groups -OCH3 is 1. The average Bonchev–Trinajstić information content (AvgIpc) is 3.24. The molecule has 3 rings (SSSR count). The molecule has 1 fully saturated rings. The van der Waals surface area contributed by atoms with E-state index in [0.717, 1.165) is 26.1 Å². The van der Waals surface area contributed by atoms with Crippen LogP contribution in [0, 0.1) is 5.92 Å². The summed E-state index contributed by atoms with van der Waals surface area (Å²) in [7, 11) is 3.21. The lowest BCUT2D eigenvalue weighted by Gasteiger charge is -2.19. The Hall–Kier alpha value is -2.30. The first kappa shape index (κ1) is 25.0. The fourth-order valence-corrected chi connectivity index (χ4v) is 3.55. The predicted octanol–water partition coefficient (Wildman–Crippen LogP) is 4.11. The van der Waals surface area contributed by atoms with E-state index in [4.69, 9.17) is 4.74 Å². The van der Waals surface area contributed by atoms with Crippen LogP contribution in [0.15, 0.2) is 53.5 Å². The molecule has 0 aromatic heterocycles. The van der Waals surface area contributed by atoms with Crippen molar-refractivity contribution >= 4 is 35.6 Å². The summed E-state index contributed by atoms with van der Waals surface area (Å²) in [5.74, 6) is 1.80. The van der Waals surface area contributed by atoms with Gasteiger partial charge in [0.05, 0.1) is 7.11 Å². The molecule has 31 heavy (non-hydrogen) atoms. The number of anilines is 1. The first-order chi connectivity index (χ1) is 14.6. The molecule has 1 unspecified atom stereocenters. The number of halogens is 3. The van der Waals surface area contributed by atoms with Crippen molar-refractivity contribution in [3.8, 4) is 11.5 Å². The zero-order valence-corrected chi connectivity index (χ0v) is 20.0. The fourth-order valence-electron chi connectivity index (χ4n) is 3.55. The molecule has 0 aliphatic carbocycles. The fraction of sp³-hybridized carbons (Fsp3) is 0.409. The van der Waals surface area contributed by atoms with Crippen molar-refractivity contribution in [1.82, 2.24) is 10.6 Å². The minimum absolute atomic E-state index is 0. The largest absolute Gasteiger partial charge is 0.497 e. The molecule has 1 saturated heterocycles. The monoisotopic (exact) mass is 546 g/mol. The number of nitrogens with zero attached hydrogens (tertiary/aromatic N) is 2. The standard InChI is InChI=1S/C22H28F2N4O2.HI/c1-25-22(26-13-16-10-11-28(15-16)18-6-4-3-5-7-18)27-14-17-12-19(29-2)8-9-20(17)30-21(23)24;/h3-9,12,16,21H,10-11,13-15H2,1-2H3,(H2,25,26,27);1H. The Kier molecular flexibility index (Phi) is 10.1. The average molecular weight is 546 g/mol. The highest BCUT2D eigenvalue weighted by atomic mass is 127. The molecule has 1 aliphatic rings. The number of hydrogen-bond acceptors (Lipinski definition) is 4. The summed E-state index contributed by atoms with van der Waals surface area (Å²) in [5, 5.41) is 6.50. The third-order valence-corrected chi connectivity index (χ3v) is 5.12. The zero-order valence-electron chi connectivity index (χ0n) is 17.7. The molecule has 0 spiro atoms. The Morgan fingerprint density at radius 1 is 1.19 bits per heavy atom. The molecule has 0 bridgehead atoms. The second-order valence-corrected chi connectivity index (χ2v) is 7.10. The number of rotatable bonds is 8. The summed E-state index contributed by atoms with van der Waals surface area (Å²) < 4.78 is 35.2. The number of hydrogen-bond donors (Lipinski definition) is 2.